The first kappa shape index (κ1) is 33.3. The van der Waals surface area contributed by atoms with Gasteiger partial charge in [-0.05, 0) is 38.2 Å². The molecule has 3 amide bonds. The van der Waals surface area contributed by atoms with Crippen molar-refractivity contribution in [3.8, 4) is 0 Å². The summed E-state index contributed by atoms with van der Waals surface area (Å²) in [6.07, 6.45) is 11.2. The Bertz CT molecular complexity index is 1220. The van der Waals surface area contributed by atoms with Gasteiger partial charge in [0.1, 0.15) is 17.7 Å². The molecule has 5 atom stereocenters. The number of nitrogens with zero attached hydrogens (tertiary/aromatic N) is 1. The molecule has 0 aromatic rings. The average molecular weight is 623 g/mol. The highest BCUT2D eigenvalue weighted by molar-refractivity contribution is 7.91. The van der Waals surface area contributed by atoms with Crippen molar-refractivity contribution in [1.29, 1.82) is 0 Å². The fraction of sp³-hybridized carbons (Fsp3) is 0.733. The molecule has 2 heterocycles. The number of ketones is 1. The molecule has 1 saturated carbocycles. The van der Waals surface area contributed by atoms with Crippen LogP contribution in [0.15, 0.2) is 23.8 Å². The fourth-order valence-corrected chi connectivity index (χ4v) is 6.68. The normalized spacial score (nSPS) is 26.6. The third kappa shape index (κ3) is 9.69. The Hall–Kier alpha value is -2.61. The van der Waals surface area contributed by atoms with E-state index in [9.17, 15) is 27.6 Å². The SMILES string of the molecule is CC(NC(=O)CN1CCOCC1)C(=O)NC(CC1=CCC(S(C)(=O)=O)C=C1)C(=O)NC(CC1CCCC1)C(=O)C1(C)CO1. The Morgan fingerprint density at radius 3 is 2.28 bits per heavy atom. The molecule has 13 heteroatoms. The summed E-state index contributed by atoms with van der Waals surface area (Å²) in [6, 6.07) is -2.72. The first-order valence-electron chi connectivity index (χ1n) is 15.3. The summed E-state index contributed by atoms with van der Waals surface area (Å²) in [5.41, 5.74) is -0.218. The van der Waals surface area contributed by atoms with E-state index in [0.29, 0.717) is 50.8 Å². The topological polar surface area (TPSA) is 164 Å². The number of ether oxygens (including phenoxy) is 2. The number of amides is 3. The molecule has 240 valence electrons. The van der Waals surface area contributed by atoms with Crippen LogP contribution in [0.5, 0.6) is 0 Å². The number of allylic oxidation sites excluding steroid dienone is 2. The van der Waals surface area contributed by atoms with Crippen LogP contribution in [0, 0.1) is 5.92 Å². The van der Waals surface area contributed by atoms with Crippen molar-refractivity contribution in [3.63, 3.8) is 0 Å². The molecule has 5 unspecified atom stereocenters. The highest BCUT2D eigenvalue weighted by Gasteiger charge is 2.50. The third-order valence-electron chi connectivity index (χ3n) is 8.78. The van der Waals surface area contributed by atoms with Gasteiger partial charge in [-0.25, -0.2) is 8.42 Å². The molecular weight excluding hydrogens is 576 g/mol. The van der Waals surface area contributed by atoms with Crippen LogP contribution in [0.25, 0.3) is 0 Å². The number of nitrogens with one attached hydrogen (secondary N) is 3. The molecule has 4 rings (SSSR count). The zero-order chi connectivity index (χ0) is 31.2. The van der Waals surface area contributed by atoms with Gasteiger partial charge in [-0.2, -0.15) is 0 Å². The molecule has 0 aromatic carbocycles. The van der Waals surface area contributed by atoms with Crippen LogP contribution in [0.4, 0.5) is 0 Å². The molecular formula is C30H46N4O8S. The number of carbonyl (C=O) groups excluding carboxylic acids is 4. The van der Waals surface area contributed by atoms with Crippen LogP contribution in [0.1, 0.15) is 58.8 Å². The summed E-state index contributed by atoms with van der Waals surface area (Å²) in [5, 5.41) is 7.74. The second-order valence-corrected chi connectivity index (χ2v) is 14.8. The van der Waals surface area contributed by atoms with Crippen LogP contribution in [-0.4, -0.2) is 112 Å². The number of Topliss-reactive ketones (excluding diaryl/α,β-unsaturated/α-hetero) is 1. The van der Waals surface area contributed by atoms with E-state index in [-0.39, 0.29) is 31.1 Å². The van der Waals surface area contributed by atoms with Crippen LogP contribution in [0.2, 0.25) is 0 Å². The van der Waals surface area contributed by atoms with Crippen molar-refractivity contribution in [2.24, 2.45) is 5.92 Å². The van der Waals surface area contributed by atoms with Crippen molar-refractivity contribution in [1.82, 2.24) is 20.9 Å². The minimum atomic E-state index is -3.27. The number of morpholine rings is 1. The monoisotopic (exact) mass is 622 g/mol. The molecule has 2 aliphatic heterocycles. The Labute approximate surface area is 254 Å². The first-order valence-corrected chi connectivity index (χ1v) is 17.2. The van der Waals surface area contributed by atoms with Crippen molar-refractivity contribution in [2.75, 3.05) is 45.7 Å². The lowest BCUT2D eigenvalue weighted by atomic mass is 9.90. The van der Waals surface area contributed by atoms with Crippen LogP contribution in [-0.2, 0) is 38.5 Å². The molecule has 0 aromatic heterocycles. The van der Waals surface area contributed by atoms with E-state index in [1.165, 1.54) is 6.26 Å². The van der Waals surface area contributed by atoms with Crippen molar-refractivity contribution >= 4 is 33.3 Å². The number of epoxide rings is 1. The van der Waals surface area contributed by atoms with E-state index >= 15 is 0 Å². The van der Waals surface area contributed by atoms with Gasteiger partial charge in [-0.1, -0.05) is 43.9 Å². The van der Waals surface area contributed by atoms with Gasteiger partial charge in [0.2, 0.25) is 17.7 Å². The van der Waals surface area contributed by atoms with Gasteiger partial charge < -0.3 is 25.4 Å². The lowest BCUT2D eigenvalue weighted by Gasteiger charge is -2.28. The molecule has 0 bridgehead atoms. The number of carbonyl (C=O) groups is 4. The summed E-state index contributed by atoms with van der Waals surface area (Å²) < 4.78 is 34.7. The standard InChI is InChI=1S/C30H46N4O8S/c1-20(31-26(35)18-34-12-14-41-15-13-34)28(37)33-25(17-22-8-10-23(11-9-22)43(3,39)40)29(38)32-24(16-21-6-4-5-7-21)27(36)30(2)19-42-30/h8-10,20-21,23-25H,4-7,11-19H2,1-3H3,(H,31,35)(H,32,38)(H,33,37). The zero-order valence-corrected chi connectivity index (χ0v) is 26.2. The fourth-order valence-electron chi connectivity index (χ4n) is 5.87. The smallest absolute Gasteiger partial charge is 0.243 e. The number of rotatable bonds is 14. The van der Waals surface area contributed by atoms with Crippen LogP contribution < -0.4 is 16.0 Å². The Morgan fingerprint density at radius 2 is 1.70 bits per heavy atom. The van der Waals surface area contributed by atoms with Gasteiger partial charge in [0.15, 0.2) is 15.6 Å². The average Bonchev–Trinajstić information content (AvgIpc) is 3.50. The summed E-state index contributed by atoms with van der Waals surface area (Å²) in [6.45, 7) is 6.07. The van der Waals surface area contributed by atoms with E-state index in [2.05, 4.69) is 16.0 Å². The van der Waals surface area contributed by atoms with E-state index in [1.807, 2.05) is 4.90 Å². The maximum absolute atomic E-state index is 13.7. The largest absolute Gasteiger partial charge is 0.379 e. The zero-order valence-electron chi connectivity index (χ0n) is 25.4. The highest BCUT2D eigenvalue weighted by Crippen LogP contribution is 2.33. The van der Waals surface area contributed by atoms with E-state index in [4.69, 9.17) is 9.47 Å². The Balaban J connectivity index is 1.44. The van der Waals surface area contributed by atoms with Gasteiger partial charge in [0, 0.05) is 25.8 Å². The van der Waals surface area contributed by atoms with E-state index in [0.717, 1.165) is 25.7 Å². The van der Waals surface area contributed by atoms with Gasteiger partial charge in [0.25, 0.3) is 0 Å². The summed E-state index contributed by atoms with van der Waals surface area (Å²) in [5.74, 6) is -1.21. The van der Waals surface area contributed by atoms with Crippen molar-refractivity contribution in [2.45, 2.75) is 87.8 Å². The molecule has 0 radical (unpaired) electrons. The van der Waals surface area contributed by atoms with Gasteiger partial charge >= 0.3 is 0 Å². The molecule has 2 saturated heterocycles. The Kier molecular flexibility index (Phi) is 11.2. The second-order valence-electron chi connectivity index (χ2n) is 12.5. The molecule has 0 spiro atoms. The minimum absolute atomic E-state index is 0.0944. The Morgan fingerprint density at radius 1 is 1.05 bits per heavy atom. The third-order valence-corrected chi connectivity index (χ3v) is 10.2. The quantitative estimate of drug-likeness (QED) is 0.233. The molecule has 3 N–H and O–H groups in total. The van der Waals surface area contributed by atoms with Crippen molar-refractivity contribution < 1.29 is 37.1 Å². The van der Waals surface area contributed by atoms with E-state index < -0.39 is 50.6 Å². The number of hydrogen-bond donors (Lipinski definition) is 3. The number of hydrogen-bond acceptors (Lipinski definition) is 9. The predicted octanol–water partition coefficient (Wildman–Crippen LogP) is 0.421. The van der Waals surface area contributed by atoms with Crippen LogP contribution in [0.3, 0.4) is 0 Å². The first-order chi connectivity index (χ1) is 20.3. The second kappa shape index (κ2) is 14.4. The van der Waals surface area contributed by atoms with E-state index in [1.54, 1.807) is 32.1 Å². The molecule has 4 aliphatic rings. The lowest BCUT2D eigenvalue weighted by molar-refractivity contribution is -0.134. The van der Waals surface area contributed by atoms with Crippen LogP contribution >= 0.6 is 0 Å². The lowest BCUT2D eigenvalue weighted by Crippen LogP contribution is -2.57. The predicted molar refractivity (Wildman–Crippen MR) is 160 cm³/mol. The molecule has 43 heavy (non-hydrogen) atoms. The highest BCUT2D eigenvalue weighted by atomic mass is 32.2. The summed E-state index contributed by atoms with van der Waals surface area (Å²) in [7, 11) is -3.27. The minimum Gasteiger partial charge on any atom is -0.379 e. The maximum Gasteiger partial charge on any atom is 0.243 e. The maximum atomic E-state index is 13.7. The van der Waals surface area contributed by atoms with Crippen molar-refractivity contribution in [3.05, 3.63) is 23.8 Å². The summed E-state index contributed by atoms with van der Waals surface area (Å²) >= 11 is 0. The van der Waals surface area contributed by atoms with Gasteiger partial charge in [-0.15, -0.1) is 0 Å². The summed E-state index contributed by atoms with van der Waals surface area (Å²) in [4.78, 5) is 54.9. The molecule has 2 aliphatic carbocycles. The molecule has 3 fully saturated rings. The van der Waals surface area contributed by atoms with Gasteiger partial charge in [-0.3, -0.25) is 24.1 Å². The molecule has 12 nitrogen and oxygen atoms in total. The van der Waals surface area contributed by atoms with Gasteiger partial charge in [0.05, 0.1) is 37.7 Å². The number of sulfone groups is 1.